The SMILES string of the molecule is NC1=CC(N)CC(C(=O)NCc2cccnc2)=C1. The summed E-state index contributed by atoms with van der Waals surface area (Å²) in [6.07, 6.45) is 7.34. The van der Waals surface area contributed by atoms with E-state index >= 15 is 0 Å². The molecule has 18 heavy (non-hydrogen) atoms. The van der Waals surface area contributed by atoms with Crippen molar-refractivity contribution < 1.29 is 4.79 Å². The highest BCUT2D eigenvalue weighted by molar-refractivity contribution is 5.94. The van der Waals surface area contributed by atoms with Gasteiger partial charge in [0.25, 0.3) is 0 Å². The van der Waals surface area contributed by atoms with Crippen LogP contribution < -0.4 is 16.8 Å². The van der Waals surface area contributed by atoms with Gasteiger partial charge in [0, 0.05) is 36.3 Å². The molecule has 2 rings (SSSR count). The molecular weight excluding hydrogens is 228 g/mol. The van der Waals surface area contributed by atoms with E-state index in [1.807, 2.05) is 12.1 Å². The van der Waals surface area contributed by atoms with Crippen LogP contribution in [0.4, 0.5) is 0 Å². The molecule has 1 unspecified atom stereocenters. The van der Waals surface area contributed by atoms with Crippen LogP contribution in [0.2, 0.25) is 0 Å². The number of nitrogens with zero attached hydrogens (tertiary/aromatic N) is 1. The van der Waals surface area contributed by atoms with Gasteiger partial charge in [0.2, 0.25) is 5.91 Å². The molecule has 0 aliphatic heterocycles. The Labute approximate surface area is 106 Å². The van der Waals surface area contributed by atoms with E-state index in [1.54, 1.807) is 24.5 Å². The molecule has 1 aliphatic carbocycles. The van der Waals surface area contributed by atoms with Crippen LogP contribution in [-0.2, 0) is 11.3 Å². The average molecular weight is 244 g/mol. The molecule has 0 fully saturated rings. The van der Waals surface area contributed by atoms with Crippen LogP contribution >= 0.6 is 0 Å². The third-order valence-corrected chi connectivity index (χ3v) is 2.67. The zero-order valence-corrected chi connectivity index (χ0v) is 9.97. The fourth-order valence-corrected chi connectivity index (χ4v) is 1.83. The normalized spacial score (nSPS) is 18.8. The van der Waals surface area contributed by atoms with Gasteiger partial charge in [-0.25, -0.2) is 0 Å². The van der Waals surface area contributed by atoms with Gasteiger partial charge in [0.05, 0.1) is 0 Å². The van der Waals surface area contributed by atoms with E-state index in [-0.39, 0.29) is 11.9 Å². The van der Waals surface area contributed by atoms with Crippen molar-refractivity contribution in [2.75, 3.05) is 0 Å². The van der Waals surface area contributed by atoms with Crippen molar-refractivity contribution in [2.45, 2.75) is 19.0 Å². The van der Waals surface area contributed by atoms with Crippen molar-refractivity contribution in [3.63, 3.8) is 0 Å². The molecule has 1 aromatic heterocycles. The van der Waals surface area contributed by atoms with Crippen LogP contribution in [0, 0.1) is 0 Å². The van der Waals surface area contributed by atoms with Crippen molar-refractivity contribution in [1.82, 2.24) is 10.3 Å². The maximum atomic E-state index is 11.9. The minimum atomic E-state index is -0.186. The summed E-state index contributed by atoms with van der Waals surface area (Å²) in [5.74, 6) is -0.134. The van der Waals surface area contributed by atoms with E-state index in [2.05, 4.69) is 10.3 Å². The summed E-state index contributed by atoms with van der Waals surface area (Å²) in [6, 6.07) is 3.55. The molecule has 0 radical (unpaired) electrons. The highest BCUT2D eigenvalue weighted by Crippen LogP contribution is 2.14. The molecule has 5 heteroatoms. The second kappa shape index (κ2) is 5.46. The van der Waals surface area contributed by atoms with Gasteiger partial charge in [-0.1, -0.05) is 6.07 Å². The minimum Gasteiger partial charge on any atom is -0.399 e. The zero-order valence-electron chi connectivity index (χ0n) is 9.97. The topological polar surface area (TPSA) is 94.0 Å². The monoisotopic (exact) mass is 244 g/mol. The molecule has 94 valence electrons. The lowest BCUT2D eigenvalue weighted by Crippen LogP contribution is -2.31. The summed E-state index contributed by atoms with van der Waals surface area (Å²) in [5.41, 5.74) is 13.6. The number of hydrogen-bond acceptors (Lipinski definition) is 4. The number of carbonyl (C=O) groups is 1. The van der Waals surface area contributed by atoms with Crippen molar-refractivity contribution in [3.05, 3.63) is 53.5 Å². The highest BCUT2D eigenvalue weighted by Gasteiger charge is 2.16. The fraction of sp³-hybridized carbons (Fsp3) is 0.231. The molecule has 5 nitrogen and oxygen atoms in total. The van der Waals surface area contributed by atoms with Gasteiger partial charge in [-0.3, -0.25) is 9.78 Å². The zero-order chi connectivity index (χ0) is 13.0. The van der Waals surface area contributed by atoms with Crippen LogP contribution in [0.1, 0.15) is 12.0 Å². The van der Waals surface area contributed by atoms with Gasteiger partial charge < -0.3 is 16.8 Å². The van der Waals surface area contributed by atoms with Crippen LogP contribution in [0.15, 0.2) is 47.9 Å². The van der Waals surface area contributed by atoms with Crippen molar-refractivity contribution in [1.29, 1.82) is 0 Å². The number of allylic oxidation sites excluding steroid dienone is 1. The Balaban J connectivity index is 1.95. The molecule has 0 bridgehead atoms. The first-order valence-electron chi connectivity index (χ1n) is 5.75. The average Bonchev–Trinajstić information content (AvgIpc) is 2.36. The van der Waals surface area contributed by atoms with Gasteiger partial charge >= 0.3 is 0 Å². The minimum absolute atomic E-state index is 0.134. The Morgan fingerprint density at radius 3 is 3.06 bits per heavy atom. The summed E-state index contributed by atoms with van der Waals surface area (Å²) in [4.78, 5) is 15.9. The van der Waals surface area contributed by atoms with Gasteiger partial charge in [0.15, 0.2) is 0 Å². The second-order valence-electron chi connectivity index (χ2n) is 4.25. The van der Waals surface area contributed by atoms with E-state index in [1.165, 1.54) is 0 Å². The van der Waals surface area contributed by atoms with E-state index in [0.717, 1.165) is 5.56 Å². The lowest BCUT2D eigenvalue weighted by molar-refractivity contribution is -0.117. The molecular formula is C13H16N4O. The van der Waals surface area contributed by atoms with Crippen LogP contribution in [0.3, 0.4) is 0 Å². The Hall–Kier alpha value is -2.14. The Kier molecular flexibility index (Phi) is 3.74. The van der Waals surface area contributed by atoms with E-state index in [4.69, 9.17) is 11.5 Å². The van der Waals surface area contributed by atoms with Crippen molar-refractivity contribution in [3.8, 4) is 0 Å². The molecule has 1 amide bonds. The van der Waals surface area contributed by atoms with E-state index in [9.17, 15) is 4.79 Å². The lowest BCUT2D eigenvalue weighted by Gasteiger charge is -2.16. The number of aromatic nitrogens is 1. The van der Waals surface area contributed by atoms with Gasteiger partial charge in [0.1, 0.15) is 0 Å². The number of amides is 1. The smallest absolute Gasteiger partial charge is 0.247 e. The number of pyridine rings is 1. The molecule has 1 heterocycles. The molecule has 0 saturated heterocycles. The quantitative estimate of drug-likeness (QED) is 0.708. The number of rotatable bonds is 3. The molecule has 1 aliphatic rings. The van der Waals surface area contributed by atoms with Gasteiger partial charge in [-0.05, 0) is 30.2 Å². The van der Waals surface area contributed by atoms with Crippen LogP contribution in [-0.4, -0.2) is 16.9 Å². The van der Waals surface area contributed by atoms with Crippen LogP contribution in [0.5, 0.6) is 0 Å². The largest absolute Gasteiger partial charge is 0.399 e. The van der Waals surface area contributed by atoms with Crippen molar-refractivity contribution >= 4 is 5.91 Å². The maximum Gasteiger partial charge on any atom is 0.247 e. The summed E-state index contributed by atoms with van der Waals surface area (Å²) in [5, 5.41) is 2.82. The van der Waals surface area contributed by atoms with Crippen LogP contribution in [0.25, 0.3) is 0 Å². The van der Waals surface area contributed by atoms with E-state index < -0.39 is 0 Å². The second-order valence-corrected chi connectivity index (χ2v) is 4.25. The van der Waals surface area contributed by atoms with Gasteiger partial charge in [-0.2, -0.15) is 0 Å². The number of nitrogens with two attached hydrogens (primary N) is 2. The standard InChI is InChI=1S/C13H16N4O/c14-11-4-10(5-12(15)6-11)13(18)17-8-9-2-1-3-16-7-9/h1-4,6-7,12H,5,8,14-15H2,(H,17,18). The highest BCUT2D eigenvalue weighted by atomic mass is 16.1. The third kappa shape index (κ3) is 3.18. The predicted molar refractivity (Wildman–Crippen MR) is 69.0 cm³/mol. The Bertz CT molecular complexity index is 493. The lowest BCUT2D eigenvalue weighted by atomic mass is 9.99. The Morgan fingerprint density at radius 1 is 1.56 bits per heavy atom. The molecule has 0 aromatic carbocycles. The number of hydrogen-bond donors (Lipinski definition) is 3. The molecule has 1 atom stereocenters. The molecule has 1 aromatic rings. The molecule has 0 saturated carbocycles. The summed E-state index contributed by atoms with van der Waals surface area (Å²) in [7, 11) is 0. The van der Waals surface area contributed by atoms with E-state index in [0.29, 0.717) is 24.2 Å². The maximum absolute atomic E-state index is 11.9. The Morgan fingerprint density at radius 2 is 2.39 bits per heavy atom. The molecule has 0 spiro atoms. The third-order valence-electron chi connectivity index (χ3n) is 2.67. The number of carbonyl (C=O) groups excluding carboxylic acids is 1. The summed E-state index contributed by atoms with van der Waals surface area (Å²) < 4.78 is 0. The van der Waals surface area contributed by atoms with Gasteiger partial charge in [-0.15, -0.1) is 0 Å². The predicted octanol–water partition coefficient (Wildman–Crippen LogP) is 0.198. The first-order chi connectivity index (χ1) is 8.65. The molecule has 5 N–H and O–H groups in total. The summed E-state index contributed by atoms with van der Waals surface area (Å²) in [6.45, 7) is 0.447. The fourth-order valence-electron chi connectivity index (χ4n) is 1.83. The first kappa shape index (κ1) is 12.3. The summed E-state index contributed by atoms with van der Waals surface area (Å²) >= 11 is 0. The first-order valence-corrected chi connectivity index (χ1v) is 5.75. The van der Waals surface area contributed by atoms with Crippen molar-refractivity contribution in [2.24, 2.45) is 11.5 Å². The number of nitrogens with one attached hydrogen (secondary N) is 1.